The smallest absolute Gasteiger partial charge is 0.314 e. The minimum absolute atomic E-state index is 0.191. The molecule has 0 aliphatic heterocycles. The van der Waals surface area contributed by atoms with Crippen LogP contribution in [0, 0.1) is 11.2 Å². The third-order valence-corrected chi connectivity index (χ3v) is 3.55. The zero-order chi connectivity index (χ0) is 17.5. The summed E-state index contributed by atoms with van der Waals surface area (Å²) in [5.74, 6) is -0.311. The SMILES string of the molecule is COC(CNC(=O)NCC(C)(C)CC(C)O)c1ccc(F)cc1. The quantitative estimate of drug-likeness (QED) is 0.688. The summed E-state index contributed by atoms with van der Waals surface area (Å²) in [5, 5.41) is 15.0. The number of amides is 2. The molecule has 0 fully saturated rings. The minimum atomic E-state index is -0.411. The summed E-state index contributed by atoms with van der Waals surface area (Å²) < 4.78 is 18.3. The molecule has 2 unspecified atom stereocenters. The fourth-order valence-corrected chi connectivity index (χ4v) is 2.45. The summed E-state index contributed by atoms with van der Waals surface area (Å²) in [5.41, 5.74) is 0.604. The lowest BCUT2D eigenvalue weighted by Gasteiger charge is -2.26. The zero-order valence-corrected chi connectivity index (χ0v) is 14.2. The number of nitrogens with one attached hydrogen (secondary N) is 2. The van der Waals surface area contributed by atoms with Gasteiger partial charge in [-0.1, -0.05) is 26.0 Å². The Labute approximate surface area is 137 Å². The second-order valence-corrected chi connectivity index (χ2v) is 6.56. The van der Waals surface area contributed by atoms with Crippen LogP contribution in [0.2, 0.25) is 0 Å². The molecule has 6 heteroatoms. The molecule has 1 aromatic carbocycles. The van der Waals surface area contributed by atoms with E-state index in [0.717, 1.165) is 5.56 Å². The number of urea groups is 1. The molecule has 3 N–H and O–H groups in total. The maximum Gasteiger partial charge on any atom is 0.314 e. The number of aliphatic hydroxyl groups is 1. The van der Waals surface area contributed by atoms with Gasteiger partial charge >= 0.3 is 6.03 Å². The molecule has 2 amide bonds. The first-order chi connectivity index (χ1) is 10.7. The van der Waals surface area contributed by atoms with E-state index in [1.165, 1.54) is 12.1 Å². The molecule has 2 atom stereocenters. The monoisotopic (exact) mass is 326 g/mol. The van der Waals surface area contributed by atoms with E-state index in [1.54, 1.807) is 26.2 Å². The van der Waals surface area contributed by atoms with Crippen LogP contribution in [0.3, 0.4) is 0 Å². The minimum Gasteiger partial charge on any atom is -0.393 e. The van der Waals surface area contributed by atoms with Crippen LogP contribution in [0.25, 0.3) is 0 Å². The van der Waals surface area contributed by atoms with Crippen molar-refractivity contribution in [2.24, 2.45) is 5.41 Å². The van der Waals surface area contributed by atoms with Gasteiger partial charge in [0.05, 0.1) is 12.2 Å². The highest BCUT2D eigenvalue weighted by molar-refractivity contribution is 5.73. The van der Waals surface area contributed by atoms with Gasteiger partial charge in [0.2, 0.25) is 0 Å². The average molecular weight is 326 g/mol. The van der Waals surface area contributed by atoms with Crippen molar-refractivity contribution in [3.63, 3.8) is 0 Å². The van der Waals surface area contributed by atoms with Crippen LogP contribution in [-0.4, -0.2) is 37.4 Å². The molecule has 1 rings (SSSR count). The van der Waals surface area contributed by atoms with Crippen LogP contribution < -0.4 is 10.6 Å². The second kappa shape index (κ2) is 8.84. The fourth-order valence-electron chi connectivity index (χ4n) is 2.45. The van der Waals surface area contributed by atoms with Crippen LogP contribution in [0.5, 0.6) is 0 Å². The Bertz CT molecular complexity index is 489. The van der Waals surface area contributed by atoms with Gasteiger partial charge in [-0.2, -0.15) is 0 Å². The first kappa shape index (κ1) is 19.4. The van der Waals surface area contributed by atoms with Crippen LogP contribution >= 0.6 is 0 Å². The van der Waals surface area contributed by atoms with Gasteiger partial charge < -0.3 is 20.5 Å². The fraction of sp³-hybridized carbons (Fsp3) is 0.588. The zero-order valence-electron chi connectivity index (χ0n) is 14.2. The molecular formula is C17H27FN2O3. The molecule has 0 radical (unpaired) electrons. The standard InChI is InChI=1S/C17H27FN2O3/c1-12(21)9-17(2,3)11-20-16(22)19-10-15(23-4)13-5-7-14(18)8-6-13/h5-8,12,15,21H,9-11H2,1-4H3,(H2,19,20,22). The van der Waals surface area contributed by atoms with E-state index in [2.05, 4.69) is 10.6 Å². The van der Waals surface area contributed by atoms with E-state index in [0.29, 0.717) is 13.0 Å². The number of methoxy groups -OCH3 is 1. The van der Waals surface area contributed by atoms with Crippen molar-refractivity contribution in [3.05, 3.63) is 35.6 Å². The van der Waals surface area contributed by atoms with Crippen LogP contribution in [0.15, 0.2) is 24.3 Å². The number of hydrogen-bond donors (Lipinski definition) is 3. The first-order valence-corrected chi connectivity index (χ1v) is 7.71. The third-order valence-electron chi connectivity index (χ3n) is 3.55. The molecule has 0 spiro atoms. The van der Waals surface area contributed by atoms with E-state index < -0.39 is 6.10 Å². The van der Waals surface area contributed by atoms with Gasteiger partial charge in [0.25, 0.3) is 0 Å². The van der Waals surface area contributed by atoms with Crippen molar-refractivity contribution in [1.82, 2.24) is 10.6 Å². The molecule has 23 heavy (non-hydrogen) atoms. The highest BCUT2D eigenvalue weighted by atomic mass is 19.1. The molecule has 0 bridgehead atoms. The molecule has 0 aromatic heterocycles. The molecule has 0 aliphatic rings. The van der Waals surface area contributed by atoms with Gasteiger partial charge in [-0.25, -0.2) is 9.18 Å². The third kappa shape index (κ3) is 7.43. The van der Waals surface area contributed by atoms with Crippen molar-refractivity contribution in [2.75, 3.05) is 20.2 Å². The van der Waals surface area contributed by atoms with Crippen molar-refractivity contribution in [2.45, 2.75) is 39.4 Å². The van der Waals surface area contributed by atoms with Gasteiger partial charge in [0, 0.05) is 20.2 Å². The molecule has 0 aliphatic carbocycles. The van der Waals surface area contributed by atoms with Gasteiger partial charge in [-0.15, -0.1) is 0 Å². The largest absolute Gasteiger partial charge is 0.393 e. The molecule has 1 aromatic rings. The first-order valence-electron chi connectivity index (χ1n) is 7.71. The summed E-state index contributed by atoms with van der Waals surface area (Å²) in [6.45, 7) is 6.43. The Hall–Kier alpha value is -1.66. The Morgan fingerprint density at radius 1 is 1.30 bits per heavy atom. The number of aliphatic hydroxyl groups excluding tert-OH is 1. The molecule has 0 saturated carbocycles. The number of carbonyl (C=O) groups is 1. The number of carbonyl (C=O) groups excluding carboxylic acids is 1. The lowest BCUT2D eigenvalue weighted by molar-refractivity contribution is 0.103. The van der Waals surface area contributed by atoms with Gasteiger partial charge in [-0.05, 0) is 36.5 Å². The molecule has 0 saturated heterocycles. The highest BCUT2D eigenvalue weighted by Gasteiger charge is 2.21. The Kier molecular flexibility index (Phi) is 7.45. The van der Waals surface area contributed by atoms with E-state index >= 15 is 0 Å². The van der Waals surface area contributed by atoms with Gasteiger partial charge in [0.1, 0.15) is 5.82 Å². The summed E-state index contributed by atoms with van der Waals surface area (Å²) in [6, 6.07) is 5.69. The molecular weight excluding hydrogens is 299 g/mol. The van der Waals surface area contributed by atoms with E-state index in [1.807, 2.05) is 13.8 Å². The van der Waals surface area contributed by atoms with Gasteiger partial charge in [0.15, 0.2) is 0 Å². The highest BCUT2D eigenvalue weighted by Crippen LogP contribution is 2.21. The van der Waals surface area contributed by atoms with Crippen molar-refractivity contribution >= 4 is 6.03 Å². The van der Waals surface area contributed by atoms with Crippen LogP contribution in [0.4, 0.5) is 9.18 Å². The second-order valence-electron chi connectivity index (χ2n) is 6.56. The van der Waals surface area contributed by atoms with E-state index in [-0.39, 0.29) is 29.9 Å². The predicted octanol–water partition coefficient (Wildman–Crippen LogP) is 2.61. The summed E-state index contributed by atoms with van der Waals surface area (Å²) in [6.07, 6.45) is -0.151. The number of benzene rings is 1. The maximum atomic E-state index is 12.9. The van der Waals surface area contributed by atoms with Crippen molar-refractivity contribution in [3.8, 4) is 0 Å². The van der Waals surface area contributed by atoms with Crippen LogP contribution in [-0.2, 0) is 4.74 Å². The van der Waals surface area contributed by atoms with Gasteiger partial charge in [-0.3, -0.25) is 0 Å². The Balaban J connectivity index is 2.43. The molecule has 0 heterocycles. The lowest BCUT2D eigenvalue weighted by atomic mass is 9.87. The number of ether oxygens (including phenoxy) is 1. The normalized spacial score (nSPS) is 14.2. The van der Waals surface area contributed by atoms with Crippen molar-refractivity contribution < 1.29 is 19.0 Å². The van der Waals surface area contributed by atoms with E-state index in [4.69, 9.17) is 4.74 Å². The van der Waals surface area contributed by atoms with E-state index in [9.17, 15) is 14.3 Å². The Morgan fingerprint density at radius 2 is 1.91 bits per heavy atom. The molecule has 5 nitrogen and oxygen atoms in total. The topological polar surface area (TPSA) is 70.6 Å². The lowest BCUT2D eigenvalue weighted by Crippen LogP contribution is -2.42. The predicted molar refractivity (Wildman–Crippen MR) is 87.6 cm³/mol. The summed E-state index contributed by atoms with van der Waals surface area (Å²) >= 11 is 0. The average Bonchev–Trinajstić information content (AvgIpc) is 2.46. The summed E-state index contributed by atoms with van der Waals surface area (Å²) in [7, 11) is 1.54. The number of hydrogen-bond acceptors (Lipinski definition) is 3. The van der Waals surface area contributed by atoms with Crippen LogP contribution in [0.1, 0.15) is 38.9 Å². The number of rotatable bonds is 8. The van der Waals surface area contributed by atoms with Crippen molar-refractivity contribution in [1.29, 1.82) is 0 Å². The summed E-state index contributed by atoms with van der Waals surface area (Å²) in [4.78, 5) is 11.9. The maximum absolute atomic E-state index is 12.9. The molecule has 130 valence electrons. The Morgan fingerprint density at radius 3 is 2.43 bits per heavy atom. The number of halogens is 1.